The van der Waals surface area contributed by atoms with Gasteiger partial charge in [-0.25, -0.2) is 4.98 Å². The number of carbonyl (C=O) groups excluding carboxylic acids is 1. The molecule has 27 heavy (non-hydrogen) atoms. The molecule has 0 saturated heterocycles. The second-order valence-electron chi connectivity index (χ2n) is 6.37. The van der Waals surface area contributed by atoms with Crippen molar-refractivity contribution < 1.29 is 9.53 Å². The Balaban J connectivity index is 1.88. The molecule has 3 rings (SSSR count). The minimum atomic E-state index is -0.238. The standard InChI is InChI=1S/C20H23N3O3S/c1-4-5-6-11-23-12-21-19-16(20(23)25)13(2)17(27-19)18(24)22-14-7-9-15(26-3)10-8-14/h7-10,12H,4-6,11H2,1-3H3,(H,22,24). The van der Waals surface area contributed by atoms with Crippen molar-refractivity contribution in [3.8, 4) is 5.75 Å². The molecule has 0 atom stereocenters. The number of rotatable bonds is 7. The number of fused-ring (bicyclic) bond motifs is 1. The molecule has 142 valence electrons. The summed E-state index contributed by atoms with van der Waals surface area (Å²) in [5.41, 5.74) is 1.28. The van der Waals surface area contributed by atoms with Crippen LogP contribution in [0, 0.1) is 6.92 Å². The number of carbonyl (C=O) groups is 1. The number of benzene rings is 1. The molecule has 7 heteroatoms. The monoisotopic (exact) mass is 385 g/mol. The van der Waals surface area contributed by atoms with Gasteiger partial charge in [-0.05, 0) is 43.2 Å². The predicted octanol–water partition coefficient (Wildman–Crippen LogP) is 4.22. The fraction of sp³-hybridized carbons (Fsp3) is 0.350. The number of hydrogen-bond acceptors (Lipinski definition) is 5. The number of methoxy groups -OCH3 is 1. The third-order valence-electron chi connectivity index (χ3n) is 4.47. The Labute approximate surface area is 161 Å². The van der Waals surface area contributed by atoms with E-state index in [1.165, 1.54) is 11.3 Å². The van der Waals surface area contributed by atoms with Crippen LogP contribution in [0.15, 0.2) is 35.4 Å². The third-order valence-corrected chi connectivity index (χ3v) is 5.67. The molecule has 0 fully saturated rings. The van der Waals surface area contributed by atoms with E-state index in [1.54, 1.807) is 49.2 Å². The lowest BCUT2D eigenvalue weighted by Crippen LogP contribution is -2.20. The van der Waals surface area contributed by atoms with Crippen LogP contribution in [0.5, 0.6) is 5.75 Å². The molecule has 0 aliphatic rings. The van der Waals surface area contributed by atoms with Crippen LogP contribution in [0.25, 0.3) is 10.2 Å². The number of nitrogens with zero attached hydrogens (tertiary/aromatic N) is 2. The lowest BCUT2D eigenvalue weighted by atomic mass is 10.2. The number of ether oxygens (including phenoxy) is 1. The van der Waals surface area contributed by atoms with Crippen molar-refractivity contribution in [1.29, 1.82) is 0 Å². The first kappa shape index (κ1) is 19.1. The second kappa shape index (κ2) is 8.35. The molecule has 0 spiro atoms. The second-order valence-corrected chi connectivity index (χ2v) is 7.37. The van der Waals surface area contributed by atoms with Gasteiger partial charge in [-0.1, -0.05) is 19.8 Å². The third kappa shape index (κ3) is 4.03. The van der Waals surface area contributed by atoms with Crippen LogP contribution in [0.2, 0.25) is 0 Å². The highest BCUT2D eigenvalue weighted by Gasteiger charge is 2.19. The summed E-state index contributed by atoms with van der Waals surface area (Å²) >= 11 is 1.25. The quantitative estimate of drug-likeness (QED) is 0.618. The van der Waals surface area contributed by atoms with Gasteiger partial charge >= 0.3 is 0 Å². The number of aryl methyl sites for hydroxylation is 2. The van der Waals surface area contributed by atoms with Crippen LogP contribution in [0.1, 0.15) is 41.4 Å². The van der Waals surface area contributed by atoms with Gasteiger partial charge in [0.15, 0.2) is 0 Å². The maximum absolute atomic E-state index is 12.8. The molecule has 0 saturated carbocycles. The maximum atomic E-state index is 12.8. The summed E-state index contributed by atoms with van der Waals surface area (Å²) in [4.78, 5) is 31.0. The molecule has 0 aliphatic heterocycles. The Bertz CT molecular complexity index is 1010. The molecule has 6 nitrogen and oxygen atoms in total. The van der Waals surface area contributed by atoms with Crippen molar-refractivity contribution in [2.75, 3.05) is 12.4 Å². The zero-order valence-electron chi connectivity index (χ0n) is 15.7. The van der Waals surface area contributed by atoms with E-state index in [4.69, 9.17) is 4.74 Å². The fourth-order valence-electron chi connectivity index (χ4n) is 2.93. The van der Waals surface area contributed by atoms with Crippen molar-refractivity contribution in [2.24, 2.45) is 0 Å². The molecule has 0 aliphatic carbocycles. The summed E-state index contributed by atoms with van der Waals surface area (Å²) < 4.78 is 6.76. The van der Waals surface area contributed by atoms with Crippen LogP contribution in [0.3, 0.4) is 0 Å². The van der Waals surface area contributed by atoms with Crippen molar-refractivity contribution in [2.45, 2.75) is 39.7 Å². The molecule has 2 aromatic heterocycles. The van der Waals surface area contributed by atoms with Gasteiger partial charge in [0.05, 0.1) is 23.7 Å². The van der Waals surface area contributed by atoms with Crippen molar-refractivity contribution >= 4 is 33.1 Å². The van der Waals surface area contributed by atoms with Gasteiger partial charge < -0.3 is 10.1 Å². The van der Waals surface area contributed by atoms with Crippen LogP contribution in [0.4, 0.5) is 5.69 Å². The smallest absolute Gasteiger partial charge is 0.266 e. The van der Waals surface area contributed by atoms with E-state index in [1.807, 2.05) is 0 Å². The Morgan fingerprint density at radius 1 is 1.26 bits per heavy atom. The first-order chi connectivity index (χ1) is 13.0. The highest BCUT2D eigenvalue weighted by molar-refractivity contribution is 7.20. The average Bonchev–Trinajstić information content (AvgIpc) is 3.02. The number of amides is 1. The minimum absolute atomic E-state index is 0.0756. The summed E-state index contributed by atoms with van der Waals surface area (Å²) in [6.07, 6.45) is 4.69. The Morgan fingerprint density at radius 3 is 2.67 bits per heavy atom. The topological polar surface area (TPSA) is 73.2 Å². The average molecular weight is 385 g/mol. The van der Waals surface area contributed by atoms with Crippen molar-refractivity contribution in [1.82, 2.24) is 9.55 Å². The molecule has 0 radical (unpaired) electrons. The molecule has 0 bridgehead atoms. The number of anilines is 1. The molecular formula is C20H23N3O3S. The number of thiophene rings is 1. The summed E-state index contributed by atoms with van der Waals surface area (Å²) in [6, 6.07) is 7.12. The number of hydrogen-bond donors (Lipinski definition) is 1. The lowest BCUT2D eigenvalue weighted by Gasteiger charge is -2.06. The predicted molar refractivity (Wildman–Crippen MR) is 109 cm³/mol. The van der Waals surface area contributed by atoms with Crippen LogP contribution in [-0.4, -0.2) is 22.6 Å². The van der Waals surface area contributed by atoms with Gasteiger partial charge in [0.25, 0.3) is 11.5 Å². The SMILES string of the molecule is CCCCCn1cnc2sc(C(=O)Nc3ccc(OC)cc3)c(C)c2c1=O. The maximum Gasteiger partial charge on any atom is 0.266 e. The Kier molecular flexibility index (Phi) is 5.91. The first-order valence-corrected chi connectivity index (χ1v) is 9.80. The van der Waals surface area contributed by atoms with E-state index < -0.39 is 0 Å². The van der Waals surface area contributed by atoms with E-state index in [-0.39, 0.29) is 11.5 Å². The van der Waals surface area contributed by atoms with Gasteiger partial charge in [0.1, 0.15) is 10.6 Å². The summed E-state index contributed by atoms with van der Waals surface area (Å²) in [5, 5.41) is 3.41. The number of nitrogens with one attached hydrogen (secondary N) is 1. The highest BCUT2D eigenvalue weighted by atomic mass is 32.1. The minimum Gasteiger partial charge on any atom is -0.497 e. The van der Waals surface area contributed by atoms with Gasteiger partial charge in [-0.2, -0.15) is 0 Å². The van der Waals surface area contributed by atoms with Gasteiger partial charge in [0.2, 0.25) is 0 Å². The van der Waals surface area contributed by atoms with Crippen LogP contribution >= 0.6 is 11.3 Å². The zero-order chi connectivity index (χ0) is 19.4. The fourth-order valence-corrected chi connectivity index (χ4v) is 3.96. The summed E-state index contributed by atoms with van der Waals surface area (Å²) in [5.74, 6) is 0.483. The van der Waals surface area contributed by atoms with Gasteiger partial charge in [-0.15, -0.1) is 11.3 Å². The molecule has 1 amide bonds. The van der Waals surface area contributed by atoms with Crippen molar-refractivity contribution in [3.63, 3.8) is 0 Å². The highest BCUT2D eigenvalue weighted by Crippen LogP contribution is 2.28. The van der Waals surface area contributed by atoms with E-state index in [0.29, 0.717) is 32.9 Å². The summed E-state index contributed by atoms with van der Waals surface area (Å²) in [7, 11) is 1.59. The normalized spacial score (nSPS) is 10.9. The molecule has 3 aromatic rings. The van der Waals surface area contributed by atoms with E-state index in [9.17, 15) is 9.59 Å². The molecule has 1 aromatic carbocycles. The van der Waals surface area contributed by atoms with Gasteiger partial charge in [-0.3, -0.25) is 14.2 Å². The number of aromatic nitrogens is 2. The number of unbranched alkanes of at least 4 members (excludes halogenated alkanes) is 2. The zero-order valence-corrected chi connectivity index (χ0v) is 16.6. The largest absolute Gasteiger partial charge is 0.497 e. The molecular weight excluding hydrogens is 362 g/mol. The van der Waals surface area contributed by atoms with Gasteiger partial charge in [0, 0.05) is 12.2 Å². The van der Waals surface area contributed by atoms with E-state index in [2.05, 4.69) is 17.2 Å². The van der Waals surface area contributed by atoms with E-state index >= 15 is 0 Å². The Hall–Kier alpha value is -2.67. The van der Waals surface area contributed by atoms with Crippen molar-refractivity contribution in [3.05, 3.63) is 51.4 Å². The molecule has 1 N–H and O–H groups in total. The summed E-state index contributed by atoms with van der Waals surface area (Å²) in [6.45, 7) is 4.58. The molecule has 2 heterocycles. The lowest BCUT2D eigenvalue weighted by molar-refractivity contribution is 0.103. The van der Waals surface area contributed by atoms with Crippen LogP contribution in [-0.2, 0) is 6.54 Å². The first-order valence-electron chi connectivity index (χ1n) is 8.99. The molecule has 0 unspecified atom stereocenters. The van der Waals surface area contributed by atoms with E-state index in [0.717, 1.165) is 25.0 Å². The van der Waals surface area contributed by atoms with Crippen LogP contribution < -0.4 is 15.6 Å². The Morgan fingerprint density at radius 2 is 2.00 bits per heavy atom.